The van der Waals surface area contributed by atoms with E-state index >= 15 is 0 Å². The second-order valence-corrected chi connectivity index (χ2v) is 13.5. The quantitative estimate of drug-likeness (QED) is 0.0645. The number of hydrogen-bond acceptors (Lipinski definition) is 7. The maximum Gasteiger partial charge on any atom is 0.565 e. The molecule has 0 radical (unpaired) electrons. The van der Waals surface area contributed by atoms with Gasteiger partial charge in [0.1, 0.15) is 6.33 Å². The summed E-state index contributed by atoms with van der Waals surface area (Å²) in [5.74, 6) is -1.10. The van der Waals surface area contributed by atoms with Crippen LogP contribution in [0.15, 0.2) is 12.5 Å². The number of imidazole rings is 1. The minimum absolute atomic E-state index is 0.126. The smallest absolute Gasteiger partial charge is 0.366 e. The van der Waals surface area contributed by atoms with Gasteiger partial charge in [-0.25, -0.2) is 14.6 Å². The Morgan fingerprint density at radius 1 is 0.744 bits per heavy atom. The average Bonchev–Trinajstić information content (AvgIpc) is 3.40. The first-order valence-electron chi connectivity index (χ1n) is 17.5. The van der Waals surface area contributed by atoms with Crippen LogP contribution in [0.5, 0.6) is 0 Å². The van der Waals surface area contributed by atoms with Gasteiger partial charge in [-0.1, -0.05) is 142 Å². The topological polar surface area (TPSA) is 126 Å². The SMILES string of the molecule is CCCCCCCCCCCCCC(=O)NP(=O)(OC(=O)CCCCCCCCCCCCC)On1cnc(CCN)c1. The third kappa shape index (κ3) is 22.3. The van der Waals surface area contributed by atoms with Crippen molar-refractivity contribution in [3.63, 3.8) is 0 Å². The van der Waals surface area contributed by atoms with Crippen LogP contribution in [0.1, 0.15) is 174 Å². The zero-order valence-corrected chi connectivity index (χ0v) is 28.4. The monoisotopic (exact) mass is 626 g/mol. The summed E-state index contributed by atoms with van der Waals surface area (Å²) < 4.78 is 25.4. The number of nitrogens with one attached hydrogen (secondary N) is 1. The van der Waals surface area contributed by atoms with Gasteiger partial charge in [0.2, 0.25) is 5.91 Å². The molecule has 1 amide bonds. The molecule has 250 valence electrons. The van der Waals surface area contributed by atoms with Gasteiger partial charge in [-0.3, -0.25) is 9.59 Å². The lowest BCUT2D eigenvalue weighted by Crippen LogP contribution is -2.28. The molecule has 0 bridgehead atoms. The Morgan fingerprint density at radius 3 is 1.65 bits per heavy atom. The van der Waals surface area contributed by atoms with Crippen LogP contribution in [0.2, 0.25) is 0 Å². The number of carbonyl (C=O) groups is 2. The molecule has 0 spiro atoms. The van der Waals surface area contributed by atoms with Crippen molar-refractivity contribution in [1.82, 2.24) is 14.8 Å². The van der Waals surface area contributed by atoms with Crippen LogP contribution < -0.4 is 15.4 Å². The normalized spacial score (nSPS) is 12.6. The number of nitrogens with two attached hydrogens (primary N) is 1. The van der Waals surface area contributed by atoms with E-state index in [2.05, 4.69) is 23.9 Å². The van der Waals surface area contributed by atoms with Gasteiger partial charge in [0.15, 0.2) is 0 Å². The van der Waals surface area contributed by atoms with E-state index in [4.69, 9.17) is 14.9 Å². The molecule has 10 heteroatoms. The molecule has 0 aliphatic carbocycles. The molecule has 1 atom stereocenters. The van der Waals surface area contributed by atoms with Crippen LogP contribution in [0.3, 0.4) is 0 Å². The van der Waals surface area contributed by atoms with Crippen molar-refractivity contribution < 1.29 is 23.3 Å². The summed E-state index contributed by atoms with van der Waals surface area (Å²) in [5, 5.41) is 2.37. The maximum absolute atomic E-state index is 13.5. The summed E-state index contributed by atoms with van der Waals surface area (Å²) in [6.45, 7) is 4.87. The standard InChI is InChI=1S/C33H63N4O5P/c1-3-5-7-9-11-13-15-17-19-21-23-25-32(38)36-43(40,42-37-29-31(27-28-34)35-30-37)41-33(39)26-24-22-20-18-16-14-12-10-8-6-4-2/h29-30H,3-28,34H2,1-2H3,(H,36,38,40). The predicted molar refractivity (Wildman–Crippen MR) is 176 cm³/mol. The van der Waals surface area contributed by atoms with Crippen molar-refractivity contribution >= 4 is 19.6 Å². The van der Waals surface area contributed by atoms with Crippen LogP contribution in [-0.4, -0.2) is 28.1 Å². The summed E-state index contributed by atoms with van der Waals surface area (Å²) in [6, 6.07) is 0. The van der Waals surface area contributed by atoms with Crippen molar-refractivity contribution in [2.75, 3.05) is 6.54 Å². The number of nitrogens with zero attached hydrogens (tertiary/aromatic N) is 2. The molecule has 1 heterocycles. The van der Waals surface area contributed by atoms with Gasteiger partial charge in [-0.05, 0) is 19.4 Å². The summed E-state index contributed by atoms with van der Waals surface area (Å²) >= 11 is 0. The molecule has 1 aromatic heterocycles. The third-order valence-corrected chi connectivity index (χ3v) is 9.06. The van der Waals surface area contributed by atoms with Crippen LogP contribution in [0, 0.1) is 0 Å². The molecule has 9 nitrogen and oxygen atoms in total. The number of aromatic nitrogens is 2. The fraction of sp³-hybridized carbons (Fsp3) is 0.848. The largest absolute Gasteiger partial charge is 0.565 e. The fourth-order valence-corrected chi connectivity index (χ4v) is 6.36. The van der Waals surface area contributed by atoms with E-state index in [-0.39, 0.29) is 12.8 Å². The van der Waals surface area contributed by atoms with Crippen LogP contribution in [0.25, 0.3) is 0 Å². The lowest BCUT2D eigenvalue weighted by Gasteiger charge is -2.18. The lowest BCUT2D eigenvalue weighted by molar-refractivity contribution is -0.135. The minimum Gasteiger partial charge on any atom is -0.366 e. The van der Waals surface area contributed by atoms with E-state index in [9.17, 15) is 14.2 Å². The van der Waals surface area contributed by atoms with Gasteiger partial charge in [0.05, 0.1) is 11.9 Å². The summed E-state index contributed by atoms with van der Waals surface area (Å²) in [5.41, 5.74) is 6.23. The average molecular weight is 627 g/mol. The van der Waals surface area contributed by atoms with Crippen LogP contribution in [-0.2, 0) is 25.1 Å². The molecule has 0 aromatic carbocycles. The van der Waals surface area contributed by atoms with E-state index in [1.165, 1.54) is 109 Å². The minimum atomic E-state index is -4.28. The van der Waals surface area contributed by atoms with Gasteiger partial charge < -0.3 is 14.9 Å². The summed E-state index contributed by atoms with van der Waals surface area (Å²) in [6.07, 6.45) is 29.4. The van der Waals surface area contributed by atoms with Crippen molar-refractivity contribution in [1.29, 1.82) is 0 Å². The molecule has 0 saturated heterocycles. The van der Waals surface area contributed by atoms with E-state index in [1.807, 2.05) is 0 Å². The molecule has 1 rings (SSSR count). The molecular weight excluding hydrogens is 563 g/mol. The highest BCUT2D eigenvalue weighted by Gasteiger charge is 2.34. The highest BCUT2D eigenvalue weighted by atomic mass is 31.2. The van der Waals surface area contributed by atoms with Gasteiger partial charge >= 0.3 is 13.7 Å². The maximum atomic E-state index is 13.5. The molecular formula is C33H63N4O5P. The number of unbranched alkanes of at least 4 members (excludes halogenated alkanes) is 20. The van der Waals surface area contributed by atoms with Crippen molar-refractivity contribution in [3.8, 4) is 0 Å². The molecule has 43 heavy (non-hydrogen) atoms. The van der Waals surface area contributed by atoms with E-state index < -0.39 is 19.6 Å². The highest BCUT2D eigenvalue weighted by molar-refractivity contribution is 7.53. The first-order valence-corrected chi connectivity index (χ1v) is 19.0. The molecule has 1 unspecified atom stereocenters. The highest BCUT2D eigenvalue weighted by Crippen LogP contribution is 2.41. The van der Waals surface area contributed by atoms with Gasteiger partial charge in [0, 0.05) is 19.3 Å². The number of rotatable bonds is 30. The zero-order chi connectivity index (χ0) is 31.4. The second kappa shape index (κ2) is 26.5. The Kier molecular flexibility index (Phi) is 24.2. The first kappa shape index (κ1) is 39.2. The van der Waals surface area contributed by atoms with Crippen molar-refractivity contribution in [3.05, 3.63) is 18.2 Å². The number of hydrogen-bond donors (Lipinski definition) is 2. The predicted octanol–water partition coefficient (Wildman–Crippen LogP) is 8.98. The Balaban J connectivity index is 2.39. The Bertz CT molecular complexity index is 835. The van der Waals surface area contributed by atoms with Gasteiger partial charge in [-0.15, -0.1) is 0 Å². The molecule has 3 N–H and O–H groups in total. The summed E-state index contributed by atoms with van der Waals surface area (Å²) in [7, 11) is -4.28. The molecule has 0 fully saturated rings. The molecule has 0 aliphatic heterocycles. The van der Waals surface area contributed by atoms with E-state index in [1.54, 1.807) is 0 Å². The second-order valence-electron chi connectivity index (χ2n) is 11.9. The van der Waals surface area contributed by atoms with Gasteiger partial charge in [0.25, 0.3) is 0 Å². The van der Waals surface area contributed by atoms with Crippen molar-refractivity contribution in [2.45, 2.75) is 174 Å². The Labute approximate surface area is 262 Å². The molecule has 0 aliphatic rings. The first-order chi connectivity index (χ1) is 20.9. The lowest BCUT2D eigenvalue weighted by atomic mass is 10.1. The number of amides is 1. The van der Waals surface area contributed by atoms with Crippen molar-refractivity contribution in [2.24, 2.45) is 5.73 Å². The fourth-order valence-electron chi connectivity index (χ4n) is 5.12. The number of carbonyl (C=O) groups excluding carboxylic acids is 2. The van der Waals surface area contributed by atoms with Gasteiger partial charge in [-0.2, -0.15) is 4.73 Å². The Morgan fingerprint density at radius 2 is 1.19 bits per heavy atom. The third-order valence-electron chi connectivity index (χ3n) is 7.69. The zero-order valence-electron chi connectivity index (χ0n) is 27.5. The van der Waals surface area contributed by atoms with E-state index in [0.29, 0.717) is 31.5 Å². The Hall–Kier alpha value is -1.86. The molecule has 1 aromatic rings. The summed E-state index contributed by atoms with van der Waals surface area (Å²) in [4.78, 5) is 29.4. The van der Waals surface area contributed by atoms with Crippen LogP contribution in [0.4, 0.5) is 0 Å². The van der Waals surface area contributed by atoms with E-state index in [0.717, 1.165) is 36.8 Å². The molecule has 0 saturated carbocycles. The van der Waals surface area contributed by atoms with Crippen LogP contribution >= 0.6 is 7.75 Å².